The maximum Gasteiger partial charge on any atom is 0.0406 e. The highest BCUT2D eigenvalue weighted by Gasteiger charge is 2.35. The van der Waals surface area contributed by atoms with Crippen LogP contribution >= 0.6 is 11.6 Å². The molecule has 0 aliphatic carbocycles. The van der Waals surface area contributed by atoms with E-state index in [1.54, 1.807) is 0 Å². The predicted molar refractivity (Wildman–Crippen MR) is 80.6 cm³/mol. The summed E-state index contributed by atoms with van der Waals surface area (Å²) in [5.41, 5.74) is 1.33. The zero-order chi connectivity index (χ0) is 13.2. The molecule has 1 aromatic carbocycles. The van der Waals surface area contributed by atoms with Crippen molar-refractivity contribution in [2.45, 2.75) is 50.7 Å². The smallest absolute Gasteiger partial charge is 0.0406 e. The molecule has 0 bridgehead atoms. The summed E-state index contributed by atoms with van der Waals surface area (Å²) >= 11 is 5.95. The number of rotatable bonds is 3. The summed E-state index contributed by atoms with van der Waals surface area (Å²) in [6.07, 6.45) is 5.44. The lowest BCUT2D eigenvalue weighted by Crippen LogP contribution is -2.45. The third-order valence-electron chi connectivity index (χ3n) is 4.69. The number of nitrogens with zero attached hydrogens (tertiary/aromatic N) is 1. The van der Waals surface area contributed by atoms with Crippen LogP contribution in [0, 0.1) is 0 Å². The van der Waals surface area contributed by atoms with Crippen LogP contribution in [-0.2, 0) is 0 Å². The Morgan fingerprint density at radius 3 is 2.74 bits per heavy atom. The molecule has 1 N–H and O–H groups in total. The molecular formula is C16H23ClN2. The van der Waals surface area contributed by atoms with Crippen LogP contribution in [-0.4, -0.2) is 30.1 Å². The number of hydrogen-bond donors (Lipinski definition) is 1. The fourth-order valence-corrected chi connectivity index (χ4v) is 3.74. The van der Waals surface area contributed by atoms with Crippen LogP contribution in [0.2, 0.25) is 5.02 Å². The van der Waals surface area contributed by atoms with Crippen molar-refractivity contribution >= 4 is 11.6 Å². The maximum atomic E-state index is 5.95. The molecule has 2 heterocycles. The summed E-state index contributed by atoms with van der Waals surface area (Å²) in [5.74, 6) is 0. The third-order valence-corrected chi connectivity index (χ3v) is 4.94. The average Bonchev–Trinajstić information content (AvgIpc) is 2.83. The van der Waals surface area contributed by atoms with E-state index in [4.69, 9.17) is 11.6 Å². The van der Waals surface area contributed by atoms with Gasteiger partial charge in [0.25, 0.3) is 0 Å². The highest BCUT2D eigenvalue weighted by Crippen LogP contribution is 2.29. The lowest BCUT2D eigenvalue weighted by Gasteiger charge is -2.34. The van der Waals surface area contributed by atoms with E-state index in [-0.39, 0.29) is 0 Å². The standard InChI is InChI=1S/C16H23ClN2/c1-12(13-5-7-14(17)8-6-13)18-15-9-11-19-10-3-2-4-16(15)19/h5-8,12,15-16,18H,2-4,9-11H2,1H3. The van der Waals surface area contributed by atoms with Gasteiger partial charge in [0.2, 0.25) is 0 Å². The number of fused-ring (bicyclic) bond motifs is 1. The molecule has 1 aromatic rings. The number of nitrogens with one attached hydrogen (secondary N) is 1. The molecule has 0 aromatic heterocycles. The van der Waals surface area contributed by atoms with Crippen molar-refractivity contribution in [1.29, 1.82) is 0 Å². The first-order valence-corrected chi connectivity index (χ1v) is 7.87. The Labute approximate surface area is 121 Å². The van der Waals surface area contributed by atoms with Crippen molar-refractivity contribution in [3.8, 4) is 0 Å². The fourth-order valence-electron chi connectivity index (χ4n) is 3.61. The molecule has 2 saturated heterocycles. The summed E-state index contributed by atoms with van der Waals surface area (Å²) in [6.45, 7) is 4.84. The number of halogens is 1. The van der Waals surface area contributed by atoms with Crippen LogP contribution < -0.4 is 5.32 Å². The summed E-state index contributed by atoms with van der Waals surface area (Å²) in [7, 11) is 0. The molecular weight excluding hydrogens is 256 g/mol. The van der Waals surface area contributed by atoms with Gasteiger partial charge in [-0.15, -0.1) is 0 Å². The van der Waals surface area contributed by atoms with Gasteiger partial charge in [0.1, 0.15) is 0 Å². The summed E-state index contributed by atoms with van der Waals surface area (Å²) in [6, 6.07) is 10.1. The Kier molecular flexibility index (Phi) is 4.11. The molecule has 104 valence electrons. The highest BCUT2D eigenvalue weighted by atomic mass is 35.5. The van der Waals surface area contributed by atoms with Gasteiger partial charge < -0.3 is 5.32 Å². The number of piperidine rings is 1. The van der Waals surface area contributed by atoms with Gasteiger partial charge in [0.05, 0.1) is 0 Å². The van der Waals surface area contributed by atoms with E-state index < -0.39 is 0 Å². The van der Waals surface area contributed by atoms with Gasteiger partial charge in [-0.2, -0.15) is 0 Å². The first kappa shape index (κ1) is 13.4. The zero-order valence-corrected chi connectivity index (χ0v) is 12.4. The lowest BCUT2D eigenvalue weighted by molar-refractivity contribution is 0.177. The molecule has 2 aliphatic rings. The lowest BCUT2D eigenvalue weighted by atomic mass is 9.97. The minimum absolute atomic E-state index is 0.407. The van der Waals surface area contributed by atoms with Gasteiger partial charge in [-0.25, -0.2) is 0 Å². The van der Waals surface area contributed by atoms with Gasteiger partial charge in [-0.05, 0) is 50.4 Å². The van der Waals surface area contributed by atoms with Gasteiger partial charge in [-0.1, -0.05) is 30.2 Å². The minimum atomic E-state index is 0.407. The molecule has 0 amide bonds. The molecule has 19 heavy (non-hydrogen) atoms. The summed E-state index contributed by atoms with van der Waals surface area (Å²) < 4.78 is 0. The van der Waals surface area contributed by atoms with Crippen molar-refractivity contribution in [2.75, 3.05) is 13.1 Å². The summed E-state index contributed by atoms with van der Waals surface area (Å²) in [5, 5.41) is 4.64. The molecule has 3 unspecified atom stereocenters. The van der Waals surface area contributed by atoms with Gasteiger partial charge in [0, 0.05) is 29.7 Å². The van der Waals surface area contributed by atoms with Crippen LogP contribution in [0.1, 0.15) is 44.2 Å². The second-order valence-electron chi connectivity index (χ2n) is 5.93. The Balaban J connectivity index is 1.63. The van der Waals surface area contributed by atoms with Crippen LogP contribution in [0.5, 0.6) is 0 Å². The molecule has 3 rings (SSSR count). The average molecular weight is 279 g/mol. The van der Waals surface area contributed by atoms with E-state index in [0.717, 1.165) is 11.1 Å². The van der Waals surface area contributed by atoms with E-state index in [1.165, 1.54) is 44.3 Å². The fraction of sp³-hybridized carbons (Fsp3) is 0.625. The van der Waals surface area contributed by atoms with E-state index >= 15 is 0 Å². The first-order chi connectivity index (χ1) is 9.24. The number of hydrogen-bond acceptors (Lipinski definition) is 2. The van der Waals surface area contributed by atoms with Crippen LogP contribution in [0.4, 0.5) is 0 Å². The van der Waals surface area contributed by atoms with Crippen molar-refractivity contribution in [2.24, 2.45) is 0 Å². The molecule has 3 atom stereocenters. The first-order valence-electron chi connectivity index (χ1n) is 7.49. The van der Waals surface area contributed by atoms with E-state index in [1.807, 2.05) is 12.1 Å². The molecule has 2 fully saturated rings. The highest BCUT2D eigenvalue weighted by molar-refractivity contribution is 6.30. The van der Waals surface area contributed by atoms with Crippen molar-refractivity contribution in [1.82, 2.24) is 10.2 Å². The van der Waals surface area contributed by atoms with Crippen molar-refractivity contribution < 1.29 is 0 Å². The van der Waals surface area contributed by atoms with Crippen LogP contribution in [0.15, 0.2) is 24.3 Å². The van der Waals surface area contributed by atoms with Crippen LogP contribution in [0.3, 0.4) is 0 Å². The topological polar surface area (TPSA) is 15.3 Å². The minimum Gasteiger partial charge on any atom is -0.306 e. The Hall–Kier alpha value is -0.570. The van der Waals surface area contributed by atoms with E-state index in [0.29, 0.717) is 12.1 Å². The molecule has 2 nitrogen and oxygen atoms in total. The van der Waals surface area contributed by atoms with Gasteiger partial charge >= 0.3 is 0 Å². The van der Waals surface area contributed by atoms with Crippen LogP contribution in [0.25, 0.3) is 0 Å². The predicted octanol–water partition coefficient (Wildman–Crippen LogP) is 3.62. The SMILES string of the molecule is CC(NC1CCN2CCCCC12)c1ccc(Cl)cc1. The normalized spacial score (nSPS) is 29.2. The van der Waals surface area contributed by atoms with E-state index in [2.05, 4.69) is 29.3 Å². The molecule has 2 aliphatic heterocycles. The summed E-state index contributed by atoms with van der Waals surface area (Å²) in [4.78, 5) is 2.68. The molecule has 3 heteroatoms. The van der Waals surface area contributed by atoms with Gasteiger partial charge in [0.15, 0.2) is 0 Å². The Morgan fingerprint density at radius 2 is 1.95 bits per heavy atom. The Morgan fingerprint density at radius 1 is 1.16 bits per heavy atom. The second kappa shape index (κ2) is 5.82. The second-order valence-corrected chi connectivity index (χ2v) is 6.37. The third kappa shape index (κ3) is 2.96. The molecule has 0 saturated carbocycles. The largest absolute Gasteiger partial charge is 0.306 e. The zero-order valence-electron chi connectivity index (χ0n) is 11.6. The molecule has 0 radical (unpaired) electrons. The maximum absolute atomic E-state index is 5.95. The number of benzene rings is 1. The monoisotopic (exact) mass is 278 g/mol. The van der Waals surface area contributed by atoms with E-state index in [9.17, 15) is 0 Å². The van der Waals surface area contributed by atoms with Crippen molar-refractivity contribution in [3.05, 3.63) is 34.9 Å². The Bertz CT molecular complexity index is 417. The van der Waals surface area contributed by atoms with Crippen molar-refractivity contribution in [3.63, 3.8) is 0 Å². The van der Waals surface area contributed by atoms with Gasteiger partial charge in [-0.3, -0.25) is 4.90 Å². The molecule has 0 spiro atoms. The quantitative estimate of drug-likeness (QED) is 0.909.